The normalized spacial score (nSPS) is 14.6. The van der Waals surface area contributed by atoms with E-state index in [1.54, 1.807) is 59.7 Å². The number of aromatic nitrogens is 4. The summed E-state index contributed by atoms with van der Waals surface area (Å²) in [5.41, 5.74) is 6.03. The Balaban J connectivity index is 0.000000154. The van der Waals surface area contributed by atoms with Gasteiger partial charge in [0.25, 0.3) is 0 Å². The standard InChI is InChI=1S/C23H25ClN4O.C16H11ClN2O2.C13H20N2/c1-26(21-11-13-27(14-12-21)15-18-5-3-2-4-6-18)23(29)28-16-22(25-17-28)19-7-9-20(24)10-8-19;17-13-8-6-12(7-9-13)15-10-19(11-18-15)16(20)21-14-4-2-1-3-5-14;1-14-13-7-9-15(10-8-13)11-12-5-3-2-4-6-12/h2-10,16-17,21H,11-15H2,1H3;1-11H;2-6,13-14H,7-11H2,1H3. The molecule has 336 valence electrons. The second kappa shape index (κ2) is 23.7. The van der Waals surface area contributed by atoms with Crippen molar-refractivity contribution in [2.75, 3.05) is 40.3 Å². The number of rotatable bonds is 9. The van der Waals surface area contributed by atoms with E-state index in [4.69, 9.17) is 27.9 Å². The molecule has 0 aliphatic carbocycles. The van der Waals surface area contributed by atoms with E-state index in [1.807, 2.05) is 60.5 Å². The van der Waals surface area contributed by atoms with Crippen molar-refractivity contribution in [2.24, 2.45) is 0 Å². The predicted molar refractivity (Wildman–Crippen MR) is 260 cm³/mol. The number of piperidine rings is 2. The van der Waals surface area contributed by atoms with Crippen LogP contribution in [0.15, 0.2) is 165 Å². The molecule has 7 aromatic rings. The molecule has 2 aliphatic rings. The lowest BCUT2D eigenvalue weighted by atomic mass is 10.0. The van der Waals surface area contributed by atoms with Crippen LogP contribution in [0.25, 0.3) is 22.5 Å². The summed E-state index contributed by atoms with van der Waals surface area (Å²) in [6.45, 7) is 6.52. The van der Waals surface area contributed by atoms with Gasteiger partial charge in [-0.05, 0) is 93.3 Å². The Hall–Kier alpha value is -6.08. The van der Waals surface area contributed by atoms with Gasteiger partial charge in [-0.25, -0.2) is 24.1 Å². The molecule has 0 saturated carbocycles. The van der Waals surface area contributed by atoms with Gasteiger partial charge in [0.2, 0.25) is 0 Å². The zero-order chi connectivity index (χ0) is 45.4. The minimum Gasteiger partial charge on any atom is -0.410 e. The minimum atomic E-state index is -0.506. The van der Waals surface area contributed by atoms with E-state index < -0.39 is 6.09 Å². The van der Waals surface area contributed by atoms with Crippen molar-refractivity contribution >= 4 is 35.3 Å². The Morgan fingerprint density at radius 3 is 1.52 bits per heavy atom. The maximum Gasteiger partial charge on any atom is 0.424 e. The highest BCUT2D eigenvalue weighted by Crippen LogP contribution is 2.23. The van der Waals surface area contributed by atoms with E-state index in [0.29, 0.717) is 21.5 Å². The molecule has 2 saturated heterocycles. The maximum atomic E-state index is 12.9. The van der Waals surface area contributed by atoms with Crippen LogP contribution in [-0.4, -0.2) is 98.3 Å². The topological polar surface area (TPSA) is 101 Å². The number of carbonyl (C=O) groups is 2. The van der Waals surface area contributed by atoms with Crippen LogP contribution in [0.3, 0.4) is 0 Å². The SMILES string of the molecule is CN(C(=O)n1cnc(-c2ccc(Cl)cc2)c1)C1CCN(Cc2ccccc2)CC1.CNC1CCN(Cc2ccccc2)CC1.O=C(Oc1ccccc1)n1cnc(-c2ccc(Cl)cc2)c1. The van der Waals surface area contributed by atoms with Gasteiger partial charge in [0, 0.05) is 78.9 Å². The van der Waals surface area contributed by atoms with E-state index >= 15 is 0 Å². The molecule has 2 aromatic heterocycles. The van der Waals surface area contributed by atoms with Crippen molar-refractivity contribution < 1.29 is 14.3 Å². The molecule has 0 spiro atoms. The van der Waals surface area contributed by atoms with Gasteiger partial charge in [-0.1, -0.05) is 126 Å². The summed E-state index contributed by atoms with van der Waals surface area (Å²) in [6.07, 6.45) is 10.4. The van der Waals surface area contributed by atoms with Crippen molar-refractivity contribution in [3.05, 3.63) is 186 Å². The number of benzene rings is 5. The average Bonchev–Trinajstić information content (AvgIpc) is 4.06. The molecule has 2 fully saturated rings. The first-order chi connectivity index (χ1) is 31.7. The number of carbonyl (C=O) groups excluding carboxylic acids is 2. The summed E-state index contributed by atoms with van der Waals surface area (Å²) in [6, 6.07) is 45.8. The molecule has 1 N–H and O–H groups in total. The number of amides is 1. The van der Waals surface area contributed by atoms with Gasteiger partial charge in [-0.3, -0.25) is 14.4 Å². The number of likely N-dealkylation sites (tertiary alicyclic amines) is 2. The molecular weight excluding hydrogens is 856 g/mol. The molecule has 5 aromatic carbocycles. The maximum absolute atomic E-state index is 12.9. The second-order valence-electron chi connectivity index (χ2n) is 16.2. The van der Waals surface area contributed by atoms with Crippen molar-refractivity contribution in [3.63, 3.8) is 0 Å². The van der Waals surface area contributed by atoms with E-state index in [9.17, 15) is 9.59 Å². The number of hydrogen-bond donors (Lipinski definition) is 1. The fraction of sp³-hybridized carbons (Fsp3) is 0.269. The molecular formula is C52H56Cl2N8O3. The lowest BCUT2D eigenvalue weighted by Crippen LogP contribution is -2.46. The first-order valence-electron chi connectivity index (χ1n) is 22.0. The fourth-order valence-corrected chi connectivity index (χ4v) is 8.15. The van der Waals surface area contributed by atoms with Gasteiger partial charge in [-0.2, -0.15) is 0 Å². The third kappa shape index (κ3) is 14.0. The Kier molecular flexibility index (Phi) is 17.1. The number of imidazole rings is 2. The number of hydrogen-bond acceptors (Lipinski definition) is 8. The Morgan fingerprint density at radius 2 is 1.05 bits per heavy atom. The summed E-state index contributed by atoms with van der Waals surface area (Å²) in [7, 11) is 3.96. The third-order valence-electron chi connectivity index (χ3n) is 11.7. The van der Waals surface area contributed by atoms with Crippen LogP contribution >= 0.6 is 23.2 Å². The van der Waals surface area contributed by atoms with E-state index in [-0.39, 0.29) is 12.1 Å². The summed E-state index contributed by atoms with van der Waals surface area (Å²) in [4.78, 5) is 40.4. The first-order valence-corrected chi connectivity index (χ1v) is 22.8. The highest BCUT2D eigenvalue weighted by atomic mass is 35.5. The number of ether oxygens (including phenoxy) is 1. The molecule has 9 rings (SSSR count). The molecule has 0 unspecified atom stereocenters. The Bertz CT molecular complexity index is 2500. The van der Waals surface area contributed by atoms with Gasteiger partial charge in [0.1, 0.15) is 18.4 Å². The zero-order valence-electron chi connectivity index (χ0n) is 36.9. The molecule has 11 nitrogen and oxygen atoms in total. The number of para-hydroxylation sites is 1. The smallest absolute Gasteiger partial charge is 0.410 e. The van der Waals surface area contributed by atoms with Crippen LogP contribution in [-0.2, 0) is 13.1 Å². The number of nitrogens with one attached hydrogen (secondary N) is 1. The van der Waals surface area contributed by atoms with Crippen LogP contribution in [0, 0.1) is 0 Å². The summed E-state index contributed by atoms with van der Waals surface area (Å²) in [5, 5.41) is 4.70. The molecule has 2 aliphatic heterocycles. The molecule has 65 heavy (non-hydrogen) atoms. The van der Waals surface area contributed by atoms with Gasteiger partial charge >= 0.3 is 12.1 Å². The Labute approximate surface area is 392 Å². The van der Waals surface area contributed by atoms with E-state index in [2.05, 4.69) is 86.7 Å². The van der Waals surface area contributed by atoms with Crippen LogP contribution in [0.5, 0.6) is 5.75 Å². The Morgan fingerprint density at radius 1 is 0.615 bits per heavy atom. The van der Waals surface area contributed by atoms with Crippen LogP contribution in [0.4, 0.5) is 9.59 Å². The van der Waals surface area contributed by atoms with Gasteiger partial charge < -0.3 is 15.0 Å². The molecule has 0 bridgehead atoms. The fourth-order valence-electron chi connectivity index (χ4n) is 7.90. The van der Waals surface area contributed by atoms with Crippen molar-refractivity contribution in [2.45, 2.75) is 50.9 Å². The molecule has 1 amide bonds. The number of nitrogens with zero attached hydrogens (tertiary/aromatic N) is 7. The summed E-state index contributed by atoms with van der Waals surface area (Å²) < 4.78 is 8.10. The highest BCUT2D eigenvalue weighted by Gasteiger charge is 2.26. The molecule has 0 radical (unpaired) electrons. The van der Waals surface area contributed by atoms with Crippen molar-refractivity contribution in [3.8, 4) is 28.3 Å². The average molecular weight is 912 g/mol. The van der Waals surface area contributed by atoms with Gasteiger partial charge in [0.15, 0.2) is 0 Å². The van der Waals surface area contributed by atoms with Crippen LogP contribution in [0.1, 0.15) is 36.8 Å². The quantitative estimate of drug-likeness (QED) is 0.153. The van der Waals surface area contributed by atoms with Crippen LogP contribution in [0.2, 0.25) is 10.0 Å². The highest BCUT2D eigenvalue weighted by molar-refractivity contribution is 6.30. The largest absolute Gasteiger partial charge is 0.424 e. The second-order valence-corrected chi connectivity index (χ2v) is 17.1. The van der Waals surface area contributed by atoms with Crippen molar-refractivity contribution in [1.82, 2.24) is 39.1 Å². The lowest BCUT2D eigenvalue weighted by molar-refractivity contribution is 0.132. The van der Waals surface area contributed by atoms with Crippen LogP contribution < -0.4 is 10.1 Å². The van der Waals surface area contributed by atoms with Crippen molar-refractivity contribution in [1.29, 1.82) is 0 Å². The third-order valence-corrected chi connectivity index (χ3v) is 12.2. The van der Waals surface area contributed by atoms with Gasteiger partial charge in [-0.15, -0.1) is 0 Å². The zero-order valence-corrected chi connectivity index (χ0v) is 38.4. The summed E-state index contributed by atoms with van der Waals surface area (Å²) >= 11 is 11.8. The number of halogens is 2. The minimum absolute atomic E-state index is 0.0424. The lowest BCUT2D eigenvalue weighted by Gasteiger charge is -2.36. The van der Waals surface area contributed by atoms with E-state index in [0.717, 1.165) is 61.9 Å². The van der Waals surface area contributed by atoms with Gasteiger partial charge in [0.05, 0.1) is 11.4 Å². The molecule has 4 heterocycles. The monoisotopic (exact) mass is 910 g/mol. The molecule has 0 atom stereocenters. The predicted octanol–water partition coefficient (Wildman–Crippen LogP) is 10.9. The molecule has 13 heteroatoms. The summed E-state index contributed by atoms with van der Waals surface area (Å²) in [5.74, 6) is 0.490. The van der Waals surface area contributed by atoms with E-state index in [1.165, 1.54) is 48.0 Å². The first kappa shape index (κ1) is 46.9.